The molecule has 164 valence electrons. The number of ether oxygens (including phenoxy) is 1. The van der Waals surface area contributed by atoms with Crippen molar-refractivity contribution in [3.8, 4) is 22.7 Å². The van der Waals surface area contributed by atoms with Gasteiger partial charge < -0.3 is 10.1 Å². The second kappa shape index (κ2) is 8.96. The maximum atomic E-state index is 12.8. The average molecular weight is 439 g/mol. The number of hydrogen-bond acceptors (Lipinski definition) is 5. The Bertz CT molecular complexity index is 1290. The van der Waals surface area contributed by atoms with Gasteiger partial charge in [0.2, 0.25) is 5.91 Å². The topological polar surface area (TPSA) is 89.4 Å². The minimum atomic E-state index is -0.270. The Balaban J connectivity index is 1.36. The van der Waals surface area contributed by atoms with E-state index in [1.54, 1.807) is 29.2 Å². The van der Waals surface area contributed by atoms with Crippen LogP contribution < -0.4 is 15.0 Å². The summed E-state index contributed by atoms with van der Waals surface area (Å²) >= 11 is 0. The number of aromatic nitrogens is 3. The van der Waals surface area contributed by atoms with Gasteiger partial charge in [0, 0.05) is 36.3 Å². The summed E-state index contributed by atoms with van der Waals surface area (Å²) in [5.74, 6) is 0.0698. The highest BCUT2D eigenvalue weighted by Gasteiger charge is 2.27. The molecule has 5 rings (SSSR count). The Kier molecular flexibility index (Phi) is 5.55. The first-order chi connectivity index (χ1) is 16.2. The molecule has 0 fully saturated rings. The molecule has 4 aromatic rings. The fourth-order valence-corrected chi connectivity index (χ4v) is 3.73. The monoisotopic (exact) mass is 439 g/mol. The van der Waals surface area contributed by atoms with Gasteiger partial charge in [-0.2, -0.15) is 5.10 Å². The van der Waals surface area contributed by atoms with Crippen molar-refractivity contribution in [2.75, 3.05) is 18.1 Å². The van der Waals surface area contributed by atoms with E-state index >= 15 is 0 Å². The predicted molar refractivity (Wildman–Crippen MR) is 123 cm³/mol. The maximum Gasteiger partial charge on any atom is 0.265 e. The Morgan fingerprint density at radius 2 is 1.76 bits per heavy atom. The van der Waals surface area contributed by atoms with Crippen molar-refractivity contribution >= 4 is 17.5 Å². The second-order valence-corrected chi connectivity index (χ2v) is 7.53. The lowest BCUT2D eigenvalue weighted by molar-refractivity contribution is -0.125. The summed E-state index contributed by atoms with van der Waals surface area (Å²) in [6.07, 6.45) is 5.32. The number of rotatable bonds is 6. The first-order valence-corrected chi connectivity index (χ1v) is 10.5. The van der Waals surface area contributed by atoms with Crippen LogP contribution in [-0.2, 0) is 16.1 Å². The van der Waals surface area contributed by atoms with Crippen molar-refractivity contribution in [1.29, 1.82) is 0 Å². The van der Waals surface area contributed by atoms with Crippen LogP contribution in [0.4, 0.5) is 5.69 Å². The van der Waals surface area contributed by atoms with Gasteiger partial charge in [0.1, 0.15) is 12.3 Å². The van der Waals surface area contributed by atoms with Crippen molar-refractivity contribution in [3.05, 3.63) is 90.9 Å². The molecular weight excluding hydrogens is 418 g/mol. The van der Waals surface area contributed by atoms with Crippen LogP contribution in [0.2, 0.25) is 0 Å². The van der Waals surface area contributed by atoms with Gasteiger partial charge in [0.05, 0.1) is 17.1 Å². The molecule has 33 heavy (non-hydrogen) atoms. The van der Waals surface area contributed by atoms with Gasteiger partial charge in [-0.1, -0.05) is 30.3 Å². The van der Waals surface area contributed by atoms with Crippen molar-refractivity contribution in [2.24, 2.45) is 0 Å². The molecule has 0 bridgehead atoms. The second-order valence-electron chi connectivity index (χ2n) is 7.53. The van der Waals surface area contributed by atoms with Gasteiger partial charge in [-0.25, -0.2) is 4.68 Å². The predicted octanol–water partition coefficient (Wildman–Crippen LogP) is 2.98. The molecule has 0 unspecified atom stereocenters. The number of nitrogens with one attached hydrogen (secondary N) is 1. The van der Waals surface area contributed by atoms with E-state index in [1.807, 2.05) is 60.8 Å². The molecule has 2 aromatic heterocycles. The van der Waals surface area contributed by atoms with E-state index in [0.717, 1.165) is 22.5 Å². The van der Waals surface area contributed by atoms with Gasteiger partial charge in [0.25, 0.3) is 5.91 Å². The highest BCUT2D eigenvalue weighted by molar-refractivity contribution is 6.02. The molecule has 2 amide bonds. The normalized spacial score (nSPS) is 12.7. The van der Waals surface area contributed by atoms with E-state index in [2.05, 4.69) is 10.3 Å². The van der Waals surface area contributed by atoms with Gasteiger partial charge >= 0.3 is 0 Å². The molecule has 0 saturated carbocycles. The number of benzene rings is 2. The van der Waals surface area contributed by atoms with Crippen molar-refractivity contribution in [1.82, 2.24) is 20.1 Å². The lowest BCUT2D eigenvalue weighted by Crippen LogP contribution is -2.45. The molecule has 2 aromatic carbocycles. The maximum absolute atomic E-state index is 12.8. The van der Waals surface area contributed by atoms with Gasteiger partial charge in [0.15, 0.2) is 6.61 Å². The van der Waals surface area contributed by atoms with Crippen LogP contribution in [0, 0.1) is 0 Å². The van der Waals surface area contributed by atoms with Crippen molar-refractivity contribution in [2.45, 2.75) is 6.54 Å². The fourth-order valence-electron chi connectivity index (χ4n) is 3.73. The molecule has 0 spiro atoms. The van der Waals surface area contributed by atoms with Gasteiger partial charge in [-0.3, -0.25) is 19.5 Å². The minimum absolute atomic E-state index is 0.0830. The molecule has 1 N–H and O–H groups in total. The third kappa shape index (κ3) is 4.31. The number of carbonyl (C=O) groups is 2. The van der Waals surface area contributed by atoms with Crippen LogP contribution in [0.25, 0.3) is 16.9 Å². The largest absolute Gasteiger partial charge is 0.482 e. The Morgan fingerprint density at radius 3 is 2.58 bits per heavy atom. The number of pyridine rings is 1. The lowest BCUT2D eigenvalue weighted by Gasteiger charge is -2.28. The summed E-state index contributed by atoms with van der Waals surface area (Å²) in [6.45, 7) is 0.0977. The third-order valence-corrected chi connectivity index (χ3v) is 5.35. The first kappa shape index (κ1) is 20.4. The van der Waals surface area contributed by atoms with E-state index in [9.17, 15) is 9.59 Å². The van der Waals surface area contributed by atoms with Gasteiger partial charge in [-0.05, 0) is 36.4 Å². The van der Waals surface area contributed by atoms with Crippen molar-refractivity contribution < 1.29 is 14.3 Å². The fraction of sp³-hybridized carbons (Fsp3) is 0.120. The summed E-state index contributed by atoms with van der Waals surface area (Å²) in [7, 11) is 0. The third-order valence-electron chi connectivity index (χ3n) is 5.35. The molecule has 0 atom stereocenters. The molecule has 0 radical (unpaired) electrons. The zero-order chi connectivity index (χ0) is 22.6. The Labute approximate surface area is 190 Å². The number of para-hydroxylation sites is 3. The minimum Gasteiger partial charge on any atom is -0.482 e. The van der Waals surface area contributed by atoms with Crippen LogP contribution in [0.5, 0.6) is 5.75 Å². The molecule has 8 nitrogen and oxygen atoms in total. The van der Waals surface area contributed by atoms with Crippen LogP contribution in [0.3, 0.4) is 0 Å². The molecule has 1 aliphatic rings. The quantitative estimate of drug-likeness (QED) is 0.499. The number of fused-ring (bicyclic) bond motifs is 1. The van der Waals surface area contributed by atoms with Crippen molar-refractivity contribution in [3.63, 3.8) is 0 Å². The van der Waals surface area contributed by atoms with Crippen LogP contribution in [0.15, 0.2) is 85.3 Å². The first-order valence-electron chi connectivity index (χ1n) is 10.5. The van der Waals surface area contributed by atoms with E-state index < -0.39 is 0 Å². The van der Waals surface area contributed by atoms with Gasteiger partial charge in [-0.15, -0.1) is 0 Å². The summed E-state index contributed by atoms with van der Waals surface area (Å²) in [5, 5.41) is 7.67. The average Bonchev–Trinajstić information content (AvgIpc) is 3.30. The van der Waals surface area contributed by atoms with Crippen LogP contribution in [0.1, 0.15) is 5.56 Å². The van der Waals surface area contributed by atoms with Crippen LogP contribution >= 0.6 is 0 Å². The van der Waals surface area contributed by atoms with E-state index in [1.165, 1.54) is 4.90 Å². The Hall–Kier alpha value is -4.46. The zero-order valence-electron chi connectivity index (χ0n) is 17.7. The Morgan fingerprint density at radius 1 is 1.00 bits per heavy atom. The molecule has 0 aliphatic carbocycles. The highest BCUT2D eigenvalue weighted by Crippen LogP contribution is 2.31. The SMILES string of the molecule is O=C(CN1C(=O)COc2ccccc21)NCc1cn(-c2ccccc2)nc1-c1ccncc1. The molecular formula is C25H21N5O3. The van der Waals surface area contributed by atoms with E-state index in [0.29, 0.717) is 11.4 Å². The number of hydrogen-bond donors (Lipinski definition) is 1. The molecule has 8 heteroatoms. The number of anilines is 1. The number of carbonyl (C=O) groups excluding carboxylic acids is 2. The zero-order valence-corrected chi connectivity index (χ0v) is 17.7. The molecule has 3 heterocycles. The van der Waals surface area contributed by atoms with Crippen LogP contribution in [-0.4, -0.2) is 39.7 Å². The lowest BCUT2D eigenvalue weighted by atomic mass is 10.1. The smallest absolute Gasteiger partial charge is 0.265 e. The molecule has 0 saturated heterocycles. The highest BCUT2D eigenvalue weighted by atomic mass is 16.5. The summed E-state index contributed by atoms with van der Waals surface area (Å²) in [4.78, 5) is 30.7. The number of nitrogens with zero attached hydrogens (tertiary/aromatic N) is 4. The molecule has 1 aliphatic heterocycles. The van der Waals surface area contributed by atoms with E-state index in [4.69, 9.17) is 9.84 Å². The summed E-state index contributed by atoms with van der Waals surface area (Å²) in [6, 6.07) is 20.7. The summed E-state index contributed by atoms with van der Waals surface area (Å²) < 4.78 is 7.24. The summed E-state index contributed by atoms with van der Waals surface area (Å²) in [5.41, 5.74) is 4.03. The standard InChI is InChI=1S/C25H21N5O3/c31-23(16-29-21-8-4-5-9-22(21)33-17-24(29)32)27-14-19-15-30(20-6-2-1-3-7-20)28-25(19)18-10-12-26-13-11-18/h1-13,15H,14,16-17H2,(H,27,31). The van der Waals surface area contributed by atoms with E-state index in [-0.39, 0.29) is 31.5 Å². The number of amides is 2.